The van der Waals surface area contributed by atoms with Crippen LogP contribution in [-0.4, -0.2) is 29.0 Å². The number of hydrogen-bond donors (Lipinski definition) is 3. The number of amides is 3. The molecular formula is C27H25N5O2S. The summed E-state index contributed by atoms with van der Waals surface area (Å²) in [6, 6.07) is 19.3. The van der Waals surface area contributed by atoms with E-state index in [1.807, 2.05) is 60.7 Å². The van der Waals surface area contributed by atoms with Gasteiger partial charge in [-0.15, -0.1) is 11.3 Å². The third-order valence-electron chi connectivity index (χ3n) is 6.80. The van der Waals surface area contributed by atoms with Crippen molar-refractivity contribution in [1.29, 1.82) is 0 Å². The smallest absolute Gasteiger partial charge is 0.331 e. The average Bonchev–Trinajstić information content (AvgIpc) is 3.26. The Morgan fingerprint density at radius 2 is 1.86 bits per heavy atom. The van der Waals surface area contributed by atoms with Gasteiger partial charge in [0.1, 0.15) is 9.71 Å². The maximum Gasteiger partial charge on any atom is 0.331 e. The molecule has 3 heterocycles. The molecule has 2 aromatic heterocycles. The third kappa shape index (κ3) is 3.84. The largest absolute Gasteiger partial charge is 0.347 e. The number of nitrogens with two attached hydrogens (primary N) is 1. The average molecular weight is 484 g/mol. The molecule has 4 aromatic rings. The van der Waals surface area contributed by atoms with E-state index >= 15 is 0 Å². The van der Waals surface area contributed by atoms with Crippen molar-refractivity contribution in [2.75, 3.05) is 10.2 Å². The lowest BCUT2D eigenvalue weighted by Crippen LogP contribution is -2.49. The van der Waals surface area contributed by atoms with Gasteiger partial charge in [0.05, 0.1) is 22.4 Å². The predicted molar refractivity (Wildman–Crippen MR) is 140 cm³/mol. The number of pyridine rings is 1. The summed E-state index contributed by atoms with van der Waals surface area (Å²) in [4.78, 5) is 34.0. The van der Waals surface area contributed by atoms with Crippen molar-refractivity contribution in [3.63, 3.8) is 0 Å². The highest BCUT2D eigenvalue weighted by Crippen LogP contribution is 2.46. The predicted octanol–water partition coefficient (Wildman–Crippen LogP) is 5.65. The lowest BCUT2D eigenvalue weighted by Gasteiger charge is -2.30. The Balaban J connectivity index is 1.39. The van der Waals surface area contributed by atoms with E-state index in [1.165, 1.54) is 11.3 Å². The Morgan fingerprint density at radius 1 is 1.06 bits per heavy atom. The molecule has 2 aliphatic rings. The van der Waals surface area contributed by atoms with Crippen molar-refractivity contribution >= 4 is 50.6 Å². The molecule has 176 valence electrons. The van der Waals surface area contributed by atoms with Crippen molar-refractivity contribution in [1.82, 2.24) is 10.3 Å². The van der Waals surface area contributed by atoms with Gasteiger partial charge in [0, 0.05) is 18.3 Å². The van der Waals surface area contributed by atoms with Crippen LogP contribution in [0.15, 0.2) is 66.9 Å². The molecule has 0 radical (unpaired) electrons. The molecule has 1 fully saturated rings. The number of hydrogen-bond acceptors (Lipinski definition) is 5. The normalized spacial score (nSPS) is 19.5. The van der Waals surface area contributed by atoms with Crippen LogP contribution < -0.4 is 21.3 Å². The number of thiophene rings is 1. The van der Waals surface area contributed by atoms with Crippen molar-refractivity contribution in [2.24, 2.45) is 5.73 Å². The zero-order valence-electron chi connectivity index (χ0n) is 19.0. The van der Waals surface area contributed by atoms with Gasteiger partial charge in [0.15, 0.2) is 0 Å². The zero-order chi connectivity index (χ0) is 23.9. The van der Waals surface area contributed by atoms with E-state index in [1.54, 1.807) is 11.1 Å². The van der Waals surface area contributed by atoms with Gasteiger partial charge >= 0.3 is 6.03 Å². The number of rotatable bonds is 4. The van der Waals surface area contributed by atoms with Crippen LogP contribution in [-0.2, 0) is 0 Å². The maximum atomic E-state index is 13.4. The summed E-state index contributed by atoms with van der Waals surface area (Å²) in [6.07, 6.45) is 5.60. The lowest BCUT2D eigenvalue weighted by molar-refractivity contribution is 0.0926. The molecule has 0 saturated heterocycles. The molecule has 35 heavy (non-hydrogen) atoms. The van der Waals surface area contributed by atoms with Crippen LogP contribution in [0.4, 0.5) is 21.9 Å². The SMILES string of the molecule is N[C@H]1CCCC[C@H]1NC(=O)c1sc2nccc3c2c1NC(=O)N3c1cccc(-c2ccccc2)c1. The topological polar surface area (TPSA) is 100 Å². The fourth-order valence-corrected chi connectivity index (χ4v) is 6.05. The van der Waals surface area contributed by atoms with Gasteiger partial charge in [0.25, 0.3) is 5.91 Å². The first-order chi connectivity index (χ1) is 17.1. The Labute approximate surface area is 207 Å². The second-order valence-electron chi connectivity index (χ2n) is 9.03. The fraction of sp³-hybridized carbons (Fsp3) is 0.222. The van der Waals surface area contributed by atoms with E-state index in [0.717, 1.165) is 47.9 Å². The molecular weight excluding hydrogens is 458 g/mol. The van der Waals surface area contributed by atoms with Gasteiger partial charge in [-0.1, -0.05) is 55.3 Å². The summed E-state index contributed by atoms with van der Waals surface area (Å²) in [6.45, 7) is 0. The summed E-state index contributed by atoms with van der Waals surface area (Å²) in [7, 11) is 0. The Morgan fingerprint density at radius 3 is 2.69 bits per heavy atom. The van der Waals surface area contributed by atoms with Crippen LogP contribution in [0.25, 0.3) is 21.3 Å². The third-order valence-corrected chi connectivity index (χ3v) is 7.90. The summed E-state index contributed by atoms with van der Waals surface area (Å²) in [5.41, 5.74) is 10.3. The van der Waals surface area contributed by atoms with E-state index < -0.39 is 0 Å². The minimum Gasteiger partial charge on any atom is -0.347 e. The molecule has 0 unspecified atom stereocenters. The molecule has 0 spiro atoms. The standard InChI is InChI=1S/C27H25N5O2S/c28-19-11-4-5-12-20(19)30-25(33)24-23-22-21(13-14-29-26(22)35-24)32(27(34)31-23)18-10-6-9-17(15-18)16-7-2-1-3-8-16/h1-3,6-10,13-15,19-20H,4-5,11-12,28H2,(H,30,33)(H,31,34)/t19-,20+/m0/s1. The summed E-state index contributed by atoms with van der Waals surface area (Å²) in [5, 5.41) is 6.85. The van der Waals surface area contributed by atoms with Crippen LogP contribution in [0.3, 0.4) is 0 Å². The van der Waals surface area contributed by atoms with Gasteiger partial charge in [0.2, 0.25) is 0 Å². The fourth-order valence-electron chi connectivity index (χ4n) is 5.03. The van der Waals surface area contributed by atoms with Crippen molar-refractivity contribution in [2.45, 2.75) is 37.8 Å². The van der Waals surface area contributed by atoms with E-state index in [9.17, 15) is 9.59 Å². The van der Waals surface area contributed by atoms with Crippen LogP contribution >= 0.6 is 11.3 Å². The number of carbonyl (C=O) groups is 2. The van der Waals surface area contributed by atoms with Crippen molar-refractivity contribution < 1.29 is 9.59 Å². The van der Waals surface area contributed by atoms with Crippen LogP contribution in [0.2, 0.25) is 0 Å². The van der Waals surface area contributed by atoms with Crippen LogP contribution in [0, 0.1) is 0 Å². The Kier molecular flexibility index (Phi) is 5.47. The second-order valence-corrected chi connectivity index (χ2v) is 10.0. The highest BCUT2D eigenvalue weighted by molar-refractivity contribution is 7.21. The Bertz CT molecular complexity index is 1430. The zero-order valence-corrected chi connectivity index (χ0v) is 19.8. The van der Waals surface area contributed by atoms with Gasteiger partial charge in [-0.05, 0) is 42.2 Å². The van der Waals surface area contributed by atoms with Crippen LogP contribution in [0.5, 0.6) is 0 Å². The monoisotopic (exact) mass is 483 g/mol. The van der Waals surface area contributed by atoms with E-state index in [0.29, 0.717) is 21.1 Å². The number of carbonyl (C=O) groups excluding carboxylic acids is 2. The molecule has 1 saturated carbocycles. The van der Waals surface area contributed by atoms with Crippen molar-refractivity contribution in [3.8, 4) is 11.1 Å². The van der Waals surface area contributed by atoms with E-state index in [-0.39, 0.29) is 24.0 Å². The van der Waals surface area contributed by atoms with Crippen LogP contribution in [0.1, 0.15) is 35.4 Å². The molecule has 1 aliphatic carbocycles. The number of benzene rings is 2. The summed E-state index contributed by atoms with van der Waals surface area (Å²) in [5.74, 6) is -0.212. The first kappa shape index (κ1) is 21.8. The molecule has 7 nitrogen and oxygen atoms in total. The molecule has 0 bridgehead atoms. The molecule has 2 atom stereocenters. The minimum absolute atomic E-state index is 0.0471. The van der Waals surface area contributed by atoms with Gasteiger partial charge < -0.3 is 16.4 Å². The van der Waals surface area contributed by atoms with E-state index in [4.69, 9.17) is 5.73 Å². The molecule has 8 heteroatoms. The van der Waals surface area contributed by atoms with Gasteiger partial charge in [-0.3, -0.25) is 9.69 Å². The van der Waals surface area contributed by atoms with Gasteiger partial charge in [-0.2, -0.15) is 0 Å². The molecule has 4 N–H and O–H groups in total. The Hall–Kier alpha value is -3.75. The number of anilines is 3. The summed E-state index contributed by atoms with van der Waals surface area (Å²) >= 11 is 1.29. The molecule has 2 aromatic carbocycles. The minimum atomic E-state index is -0.308. The van der Waals surface area contributed by atoms with Gasteiger partial charge in [-0.25, -0.2) is 9.78 Å². The highest BCUT2D eigenvalue weighted by Gasteiger charge is 2.34. The highest BCUT2D eigenvalue weighted by atomic mass is 32.1. The number of urea groups is 1. The molecule has 6 rings (SSSR count). The first-order valence-corrected chi connectivity index (χ1v) is 12.7. The lowest BCUT2D eigenvalue weighted by atomic mass is 9.91. The number of nitrogens with one attached hydrogen (secondary N) is 2. The quantitative estimate of drug-likeness (QED) is 0.349. The first-order valence-electron chi connectivity index (χ1n) is 11.8. The molecule has 1 aliphatic heterocycles. The number of nitrogens with zero attached hydrogens (tertiary/aromatic N) is 2. The second kappa shape index (κ2) is 8.79. The number of aromatic nitrogens is 1. The van der Waals surface area contributed by atoms with Crippen molar-refractivity contribution in [3.05, 3.63) is 71.7 Å². The van der Waals surface area contributed by atoms with E-state index in [2.05, 4.69) is 15.6 Å². The summed E-state index contributed by atoms with van der Waals surface area (Å²) < 4.78 is 0. The maximum absolute atomic E-state index is 13.4. The molecule has 3 amide bonds.